The molecule has 0 aliphatic heterocycles. The van der Waals surface area contributed by atoms with Gasteiger partial charge in [0.2, 0.25) is 0 Å². The van der Waals surface area contributed by atoms with Crippen LogP contribution in [0.15, 0.2) is 40.5 Å². The van der Waals surface area contributed by atoms with Gasteiger partial charge in [-0.25, -0.2) is 0 Å². The highest BCUT2D eigenvalue weighted by atomic mass is 32.1. The van der Waals surface area contributed by atoms with Crippen LogP contribution in [-0.4, -0.2) is 17.4 Å². The summed E-state index contributed by atoms with van der Waals surface area (Å²) in [5, 5.41) is 7.48. The van der Waals surface area contributed by atoms with E-state index in [9.17, 15) is 0 Å². The van der Waals surface area contributed by atoms with Gasteiger partial charge in [0.25, 0.3) is 0 Å². The highest BCUT2D eigenvalue weighted by Crippen LogP contribution is 2.01. The number of thiocarbonyl (C=S) groups is 1. The standard InChI is InChI=1S/C9H10N6S/c10-9(16)14-13-8(6-12-15-11)7-4-2-1-3-5-7/h1-5H,6H2,(H3,10,14,16)/b13-8-. The van der Waals surface area contributed by atoms with Gasteiger partial charge in [-0.05, 0) is 23.3 Å². The van der Waals surface area contributed by atoms with Gasteiger partial charge in [0, 0.05) is 4.91 Å². The number of benzene rings is 1. The fourth-order valence-electron chi connectivity index (χ4n) is 1.04. The summed E-state index contributed by atoms with van der Waals surface area (Å²) in [6, 6.07) is 9.32. The van der Waals surface area contributed by atoms with E-state index in [2.05, 4.69) is 32.8 Å². The summed E-state index contributed by atoms with van der Waals surface area (Å²) < 4.78 is 0. The van der Waals surface area contributed by atoms with Crippen molar-refractivity contribution in [3.8, 4) is 0 Å². The molecule has 0 amide bonds. The van der Waals surface area contributed by atoms with Gasteiger partial charge < -0.3 is 5.73 Å². The Kier molecular flexibility index (Phi) is 4.78. The minimum absolute atomic E-state index is 0.0642. The third-order valence-corrected chi connectivity index (χ3v) is 1.78. The van der Waals surface area contributed by atoms with Crippen molar-refractivity contribution in [2.75, 3.05) is 6.54 Å². The molecule has 0 aromatic heterocycles. The van der Waals surface area contributed by atoms with Gasteiger partial charge >= 0.3 is 0 Å². The van der Waals surface area contributed by atoms with Crippen molar-refractivity contribution in [2.45, 2.75) is 0 Å². The summed E-state index contributed by atoms with van der Waals surface area (Å²) in [6.45, 7) is 0.135. The van der Waals surface area contributed by atoms with Crippen molar-refractivity contribution in [1.82, 2.24) is 5.43 Å². The molecule has 1 aromatic carbocycles. The smallest absolute Gasteiger partial charge is 0.184 e. The first kappa shape index (κ1) is 12.0. The van der Waals surface area contributed by atoms with Crippen molar-refractivity contribution < 1.29 is 0 Å². The second-order valence-electron chi connectivity index (χ2n) is 2.79. The lowest BCUT2D eigenvalue weighted by Crippen LogP contribution is -2.26. The van der Waals surface area contributed by atoms with E-state index >= 15 is 0 Å². The third kappa shape index (κ3) is 3.95. The van der Waals surface area contributed by atoms with Crippen LogP contribution < -0.4 is 11.2 Å². The van der Waals surface area contributed by atoms with Crippen LogP contribution in [0.5, 0.6) is 0 Å². The first-order chi connectivity index (χ1) is 7.74. The van der Waals surface area contributed by atoms with E-state index in [1.807, 2.05) is 30.3 Å². The Bertz CT molecular complexity index is 435. The van der Waals surface area contributed by atoms with Crippen LogP contribution in [0.25, 0.3) is 10.4 Å². The lowest BCUT2D eigenvalue weighted by Gasteiger charge is -2.03. The predicted octanol–water partition coefficient (Wildman–Crippen LogP) is 1.53. The SMILES string of the molecule is [N-]=[N+]=NC/C(=N/NC(N)=S)c1ccccc1. The minimum Gasteiger partial charge on any atom is -0.375 e. The Morgan fingerprint density at radius 3 is 2.69 bits per heavy atom. The predicted molar refractivity (Wildman–Crippen MR) is 66.9 cm³/mol. The van der Waals surface area contributed by atoms with Crippen LogP contribution in [-0.2, 0) is 0 Å². The molecule has 16 heavy (non-hydrogen) atoms. The summed E-state index contributed by atoms with van der Waals surface area (Å²) >= 11 is 4.63. The highest BCUT2D eigenvalue weighted by Gasteiger charge is 2.01. The van der Waals surface area contributed by atoms with Crippen molar-refractivity contribution in [1.29, 1.82) is 0 Å². The lowest BCUT2D eigenvalue weighted by atomic mass is 10.1. The molecule has 7 heteroatoms. The summed E-state index contributed by atoms with van der Waals surface area (Å²) in [5.74, 6) is 0. The molecule has 3 N–H and O–H groups in total. The Hall–Kier alpha value is -2.11. The maximum absolute atomic E-state index is 8.27. The zero-order chi connectivity index (χ0) is 11.8. The van der Waals surface area contributed by atoms with E-state index in [1.165, 1.54) is 0 Å². The van der Waals surface area contributed by atoms with Crippen LogP contribution in [0.1, 0.15) is 5.56 Å². The summed E-state index contributed by atoms with van der Waals surface area (Å²) in [7, 11) is 0. The van der Waals surface area contributed by atoms with Gasteiger partial charge in [-0.2, -0.15) is 5.10 Å². The molecule has 0 saturated heterocycles. The van der Waals surface area contributed by atoms with Gasteiger partial charge in [-0.1, -0.05) is 35.4 Å². The van der Waals surface area contributed by atoms with Crippen molar-refractivity contribution in [2.24, 2.45) is 15.9 Å². The zero-order valence-electron chi connectivity index (χ0n) is 8.37. The molecule has 0 bridgehead atoms. The molecule has 0 atom stereocenters. The van der Waals surface area contributed by atoms with Crippen molar-refractivity contribution >= 4 is 23.0 Å². The number of rotatable bonds is 4. The number of azide groups is 1. The van der Waals surface area contributed by atoms with Crippen LogP contribution in [0.3, 0.4) is 0 Å². The van der Waals surface area contributed by atoms with Crippen LogP contribution in [0.4, 0.5) is 0 Å². The topological polar surface area (TPSA) is 99.2 Å². The maximum atomic E-state index is 8.27. The highest BCUT2D eigenvalue weighted by molar-refractivity contribution is 7.80. The lowest BCUT2D eigenvalue weighted by molar-refractivity contribution is 1.02. The third-order valence-electron chi connectivity index (χ3n) is 1.69. The van der Waals surface area contributed by atoms with Crippen molar-refractivity contribution in [3.63, 3.8) is 0 Å². The molecule has 0 aliphatic carbocycles. The quantitative estimate of drug-likeness (QED) is 0.206. The molecule has 1 aromatic rings. The largest absolute Gasteiger partial charge is 0.375 e. The van der Waals surface area contributed by atoms with Crippen LogP contribution >= 0.6 is 12.2 Å². The van der Waals surface area contributed by atoms with Gasteiger partial charge in [-0.15, -0.1) is 0 Å². The minimum atomic E-state index is 0.0642. The monoisotopic (exact) mass is 234 g/mol. The molecule has 0 saturated carbocycles. The summed E-state index contributed by atoms with van der Waals surface area (Å²) in [4.78, 5) is 2.68. The van der Waals surface area contributed by atoms with Crippen molar-refractivity contribution in [3.05, 3.63) is 46.3 Å². The molecular weight excluding hydrogens is 224 g/mol. The van der Waals surface area contributed by atoms with Crippen LogP contribution in [0, 0.1) is 0 Å². The fourth-order valence-corrected chi connectivity index (χ4v) is 1.09. The van der Waals surface area contributed by atoms with E-state index < -0.39 is 0 Å². The Balaban J connectivity index is 2.91. The van der Waals surface area contributed by atoms with E-state index in [1.54, 1.807) is 0 Å². The van der Waals surface area contributed by atoms with E-state index in [0.717, 1.165) is 5.56 Å². The second-order valence-corrected chi connectivity index (χ2v) is 3.23. The molecular formula is C9H10N6S. The number of hydrogen-bond donors (Lipinski definition) is 2. The molecule has 0 unspecified atom stereocenters. The average molecular weight is 234 g/mol. The van der Waals surface area contributed by atoms with Gasteiger partial charge in [-0.3, -0.25) is 5.43 Å². The van der Waals surface area contributed by atoms with Gasteiger partial charge in [0.15, 0.2) is 5.11 Å². The maximum Gasteiger partial charge on any atom is 0.184 e. The normalized spacial score (nSPS) is 10.4. The molecule has 0 aliphatic rings. The fraction of sp³-hybridized carbons (Fsp3) is 0.111. The molecule has 1 rings (SSSR count). The number of nitrogens with two attached hydrogens (primary N) is 1. The summed E-state index contributed by atoms with van der Waals surface area (Å²) in [5.41, 5.74) is 17.4. The molecule has 0 fully saturated rings. The first-order valence-electron chi connectivity index (χ1n) is 4.42. The number of hydrogen-bond acceptors (Lipinski definition) is 3. The molecule has 0 spiro atoms. The number of hydrazone groups is 1. The van der Waals surface area contributed by atoms with E-state index in [-0.39, 0.29) is 11.7 Å². The zero-order valence-corrected chi connectivity index (χ0v) is 9.18. The molecule has 0 heterocycles. The Labute approximate surface area is 97.8 Å². The first-order valence-corrected chi connectivity index (χ1v) is 4.83. The number of nitrogens with zero attached hydrogens (tertiary/aromatic N) is 4. The number of nitrogens with one attached hydrogen (secondary N) is 1. The van der Waals surface area contributed by atoms with E-state index in [4.69, 9.17) is 11.3 Å². The molecule has 82 valence electrons. The second kappa shape index (κ2) is 6.39. The molecule has 6 nitrogen and oxygen atoms in total. The van der Waals surface area contributed by atoms with E-state index in [0.29, 0.717) is 5.71 Å². The Morgan fingerprint density at radius 1 is 1.44 bits per heavy atom. The van der Waals surface area contributed by atoms with Gasteiger partial charge in [0.1, 0.15) is 0 Å². The molecule has 0 radical (unpaired) electrons. The van der Waals surface area contributed by atoms with Gasteiger partial charge in [0.05, 0.1) is 12.3 Å². The summed E-state index contributed by atoms with van der Waals surface area (Å²) in [6.07, 6.45) is 0. The van der Waals surface area contributed by atoms with Crippen LogP contribution in [0.2, 0.25) is 0 Å². The average Bonchev–Trinajstić information content (AvgIpc) is 2.30. The Morgan fingerprint density at radius 2 is 2.12 bits per heavy atom.